The maximum Gasteiger partial charge on any atom is 0.136 e. The van der Waals surface area contributed by atoms with Crippen LogP contribution in [0.25, 0.3) is 0 Å². The van der Waals surface area contributed by atoms with Crippen LogP contribution < -0.4 is 10.2 Å². The molecule has 3 rings (SSSR count). The lowest BCUT2D eigenvalue weighted by molar-refractivity contribution is 0.805. The van der Waals surface area contributed by atoms with Gasteiger partial charge in [0.05, 0.1) is 11.6 Å². The molecule has 0 aliphatic heterocycles. The highest BCUT2D eigenvalue weighted by Crippen LogP contribution is 2.21. The molecule has 0 amide bonds. The second kappa shape index (κ2) is 8.13. The van der Waals surface area contributed by atoms with Crippen molar-refractivity contribution in [1.29, 1.82) is 5.26 Å². The molecule has 130 valence electrons. The Hall–Kier alpha value is -3.39. The Morgan fingerprint density at radius 3 is 2.58 bits per heavy atom. The van der Waals surface area contributed by atoms with E-state index in [2.05, 4.69) is 45.3 Å². The molecule has 1 N–H and O–H groups in total. The average Bonchev–Trinajstić information content (AvgIpc) is 2.66. The third-order valence-electron chi connectivity index (χ3n) is 4.01. The number of hydrogen-bond acceptors (Lipinski definition) is 5. The first-order chi connectivity index (χ1) is 12.7. The molecule has 0 spiro atoms. The number of aromatic nitrogens is 2. The van der Waals surface area contributed by atoms with E-state index in [1.165, 1.54) is 5.56 Å². The lowest BCUT2D eigenvalue weighted by Crippen LogP contribution is -2.23. The fourth-order valence-electron chi connectivity index (χ4n) is 2.75. The largest absolute Gasteiger partial charge is 0.352 e. The fourth-order valence-corrected chi connectivity index (χ4v) is 2.75. The van der Waals surface area contributed by atoms with Crippen molar-refractivity contribution in [2.45, 2.75) is 20.4 Å². The monoisotopic (exact) mass is 343 g/mol. The first-order valence-electron chi connectivity index (χ1n) is 8.59. The average molecular weight is 343 g/mol. The van der Waals surface area contributed by atoms with Crippen molar-refractivity contribution in [2.75, 3.05) is 16.8 Å². The van der Waals surface area contributed by atoms with E-state index >= 15 is 0 Å². The van der Waals surface area contributed by atoms with Gasteiger partial charge in [0.15, 0.2) is 0 Å². The number of aryl methyl sites for hydroxylation is 1. The molecular weight excluding hydrogens is 322 g/mol. The highest BCUT2D eigenvalue weighted by Gasteiger charge is 2.10. The first-order valence-corrected chi connectivity index (χ1v) is 8.59. The number of nitrogens with one attached hydrogen (secondary N) is 1. The summed E-state index contributed by atoms with van der Waals surface area (Å²) in [4.78, 5) is 11.3. The SMILES string of the molecule is CCN(Cc1ccccc1)c1cc(Nc2cccc(C#N)c2)nc(C)n1. The first kappa shape index (κ1) is 17.4. The Morgan fingerprint density at radius 1 is 1.04 bits per heavy atom. The number of nitriles is 1. The second-order valence-electron chi connectivity index (χ2n) is 5.98. The molecule has 3 aromatic rings. The molecule has 1 aromatic heterocycles. The van der Waals surface area contributed by atoms with Gasteiger partial charge in [-0.25, -0.2) is 9.97 Å². The smallest absolute Gasteiger partial charge is 0.136 e. The molecule has 5 heteroatoms. The summed E-state index contributed by atoms with van der Waals surface area (Å²) >= 11 is 0. The molecular formula is C21H21N5. The molecule has 26 heavy (non-hydrogen) atoms. The predicted molar refractivity (Wildman–Crippen MR) is 104 cm³/mol. The number of rotatable bonds is 6. The number of nitrogens with zero attached hydrogens (tertiary/aromatic N) is 4. The molecule has 0 unspecified atom stereocenters. The van der Waals surface area contributed by atoms with E-state index in [0.717, 1.165) is 24.6 Å². The number of anilines is 3. The van der Waals surface area contributed by atoms with Crippen molar-refractivity contribution >= 4 is 17.3 Å². The number of benzene rings is 2. The van der Waals surface area contributed by atoms with Crippen molar-refractivity contribution in [3.8, 4) is 6.07 Å². The van der Waals surface area contributed by atoms with E-state index in [9.17, 15) is 0 Å². The van der Waals surface area contributed by atoms with E-state index in [-0.39, 0.29) is 0 Å². The fraction of sp³-hybridized carbons (Fsp3) is 0.190. The van der Waals surface area contributed by atoms with Crippen molar-refractivity contribution in [3.63, 3.8) is 0 Å². The van der Waals surface area contributed by atoms with Crippen LogP contribution in [0.3, 0.4) is 0 Å². The van der Waals surface area contributed by atoms with Crippen LogP contribution in [-0.2, 0) is 6.54 Å². The predicted octanol–water partition coefficient (Wildman–Crippen LogP) is 4.43. The van der Waals surface area contributed by atoms with Gasteiger partial charge in [-0.3, -0.25) is 0 Å². The van der Waals surface area contributed by atoms with Crippen molar-refractivity contribution in [2.24, 2.45) is 0 Å². The molecule has 0 fully saturated rings. The quantitative estimate of drug-likeness (QED) is 0.717. The second-order valence-corrected chi connectivity index (χ2v) is 5.98. The van der Waals surface area contributed by atoms with E-state index in [1.54, 1.807) is 12.1 Å². The van der Waals surface area contributed by atoms with E-state index < -0.39 is 0 Å². The lowest BCUT2D eigenvalue weighted by atomic mass is 10.2. The summed E-state index contributed by atoms with van der Waals surface area (Å²) in [5, 5.41) is 12.3. The highest BCUT2D eigenvalue weighted by atomic mass is 15.2. The van der Waals surface area contributed by atoms with Gasteiger partial charge in [0.1, 0.15) is 17.5 Å². The molecule has 1 heterocycles. The minimum Gasteiger partial charge on any atom is -0.352 e. The maximum absolute atomic E-state index is 9.05. The molecule has 0 saturated carbocycles. The zero-order valence-corrected chi connectivity index (χ0v) is 15.0. The van der Waals surface area contributed by atoms with Gasteiger partial charge in [-0.2, -0.15) is 5.26 Å². The zero-order chi connectivity index (χ0) is 18.4. The van der Waals surface area contributed by atoms with Gasteiger partial charge < -0.3 is 10.2 Å². The summed E-state index contributed by atoms with van der Waals surface area (Å²) in [5.74, 6) is 2.30. The molecule has 2 aromatic carbocycles. The summed E-state index contributed by atoms with van der Waals surface area (Å²) in [7, 11) is 0. The van der Waals surface area contributed by atoms with Crippen LogP contribution in [0.5, 0.6) is 0 Å². The van der Waals surface area contributed by atoms with Crippen LogP contribution in [-0.4, -0.2) is 16.5 Å². The van der Waals surface area contributed by atoms with Crippen LogP contribution in [0.4, 0.5) is 17.3 Å². The van der Waals surface area contributed by atoms with E-state index in [0.29, 0.717) is 17.2 Å². The molecule has 0 bridgehead atoms. The van der Waals surface area contributed by atoms with Crippen molar-refractivity contribution in [1.82, 2.24) is 9.97 Å². The summed E-state index contributed by atoms with van der Waals surface area (Å²) < 4.78 is 0. The topological polar surface area (TPSA) is 64.8 Å². The Balaban J connectivity index is 1.85. The van der Waals surface area contributed by atoms with Gasteiger partial charge in [-0.15, -0.1) is 0 Å². The third kappa shape index (κ3) is 4.37. The van der Waals surface area contributed by atoms with E-state index in [1.807, 2.05) is 43.3 Å². The Kier molecular flexibility index (Phi) is 5.45. The Bertz CT molecular complexity index is 915. The Morgan fingerprint density at radius 2 is 1.85 bits per heavy atom. The molecule has 0 saturated heterocycles. The maximum atomic E-state index is 9.05. The molecule has 0 radical (unpaired) electrons. The number of hydrogen-bond donors (Lipinski definition) is 1. The van der Waals surface area contributed by atoms with Gasteiger partial charge in [0, 0.05) is 24.8 Å². The molecule has 0 aliphatic carbocycles. The zero-order valence-electron chi connectivity index (χ0n) is 15.0. The van der Waals surface area contributed by atoms with Crippen LogP contribution in [0.1, 0.15) is 23.9 Å². The molecule has 5 nitrogen and oxygen atoms in total. The van der Waals surface area contributed by atoms with Gasteiger partial charge >= 0.3 is 0 Å². The van der Waals surface area contributed by atoms with Crippen LogP contribution in [0, 0.1) is 18.3 Å². The normalized spacial score (nSPS) is 10.2. The van der Waals surface area contributed by atoms with Crippen molar-refractivity contribution < 1.29 is 0 Å². The lowest BCUT2D eigenvalue weighted by Gasteiger charge is -2.23. The highest BCUT2D eigenvalue weighted by molar-refractivity contribution is 5.61. The van der Waals surface area contributed by atoms with Crippen LogP contribution in [0.2, 0.25) is 0 Å². The summed E-state index contributed by atoms with van der Waals surface area (Å²) in [5.41, 5.74) is 2.68. The standard InChI is InChI=1S/C21H21N5/c1-3-26(15-17-8-5-4-6-9-17)21-13-20(23-16(2)24-21)25-19-11-7-10-18(12-19)14-22/h4-13H,3,15H2,1-2H3,(H,23,24,25). The summed E-state index contributed by atoms with van der Waals surface area (Å²) in [6.45, 7) is 5.63. The van der Waals surface area contributed by atoms with Gasteiger partial charge in [0.25, 0.3) is 0 Å². The minimum atomic E-state index is 0.611. The Labute approximate surface area is 154 Å². The van der Waals surface area contributed by atoms with Gasteiger partial charge in [0.2, 0.25) is 0 Å². The van der Waals surface area contributed by atoms with Crippen LogP contribution >= 0.6 is 0 Å². The van der Waals surface area contributed by atoms with Gasteiger partial charge in [-0.05, 0) is 37.6 Å². The van der Waals surface area contributed by atoms with Crippen molar-refractivity contribution in [3.05, 3.63) is 77.6 Å². The summed E-state index contributed by atoms with van der Waals surface area (Å²) in [6, 6.07) is 21.8. The molecule has 0 aliphatic rings. The van der Waals surface area contributed by atoms with Crippen LogP contribution in [0.15, 0.2) is 60.7 Å². The molecule has 0 atom stereocenters. The summed E-state index contributed by atoms with van der Waals surface area (Å²) in [6.07, 6.45) is 0. The minimum absolute atomic E-state index is 0.611. The van der Waals surface area contributed by atoms with E-state index in [4.69, 9.17) is 5.26 Å². The van der Waals surface area contributed by atoms with Gasteiger partial charge in [-0.1, -0.05) is 36.4 Å². The third-order valence-corrected chi connectivity index (χ3v) is 4.01.